The Morgan fingerprint density at radius 2 is 1.95 bits per heavy atom. The summed E-state index contributed by atoms with van der Waals surface area (Å²) >= 11 is 0. The van der Waals surface area contributed by atoms with Crippen molar-refractivity contribution in [3.05, 3.63) is 65.7 Å². The van der Waals surface area contributed by atoms with Gasteiger partial charge in [-0.25, -0.2) is 0 Å². The maximum absolute atomic E-state index is 6.00. The molecular formula is C20H25NO. The average Bonchev–Trinajstić information content (AvgIpc) is 3.04. The van der Waals surface area contributed by atoms with Crippen LogP contribution in [-0.4, -0.2) is 13.1 Å². The van der Waals surface area contributed by atoms with E-state index in [4.69, 9.17) is 4.74 Å². The fourth-order valence-corrected chi connectivity index (χ4v) is 3.48. The van der Waals surface area contributed by atoms with Crippen molar-refractivity contribution in [3.8, 4) is 5.75 Å². The van der Waals surface area contributed by atoms with Gasteiger partial charge in [0.05, 0.1) is 0 Å². The van der Waals surface area contributed by atoms with Crippen LogP contribution in [-0.2, 0) is 12.0 Å². The van der Waals surface area contributed by atoms with Gasteiger partial charge in [-0.15, -0.1) is 0 Å². The summed E-state index contributed by atoms with van der Waals surface area (Å²) < 4.78 is 6.00. The minimum atomic E-state index is 0.293. The molecule has 0 radical (unpaired) electrons. The zero-order valence-corrected chi connectivity index (χ0v) is 13.3. The number of benzene rings is 2. The summed E-state index contributed by atoms with van der Waals surface area (Å²) in [5, 5.41) is 3.53. The molecule has 1 N–H and O–H groups in total. The minimum Gasteiger partial charge on any atom is -0.489 e. The van der Waals surface area contributed by atoms with Crippen molar-refractivity contribution >= 4 is 0 Å². The Kier molecular flexibility index (Phi) is 4.79. The summed E-state index contributed by atoms with van der Waals surface area (Å²) in [5.74, 6) is 0.976. The molecule has 0 unspecified atom stereocenters. The third kappa shape index (κ3) is 3.33. The quantitative estimate of drug-likeness (QED) is 0.858. The Bertz CT molecular complexity index is 588. The zero-order valence-electron chi connectivity index (χ0n) is 13.3. The van der Waals surface area contributed by atoms with Gasteiger partial charge in [0, 0.05) is 12.0 Å². The molecule has 22 heavy (non-hydrogen) atoms. The molecule has 0 aromatic heterocycles. The van der Waals surface area contributed by atoms with Gasteiger partial charge < -0.3 is 10.1 Å². The second-order valence-corrected chi connectivity index (χ2v) is 6.26. The van der Waals surface area contributed by atoms with E-state index in [1.165, 1.54) is 30.4 Å². The van der Waals surface area contributed by atoms with Gasteiger partial charge >= 0.3 is 0 Å². The normalized spacial score (nSPS) is 21.0. The van der Waals surface area contributed by atoms with Crippen LogP contribution < -0.4 is 10.1 Å². The second-order valence-electron chi connectivity index (χ2n) is 6.26. The van der Waals surface area contributed by atoms with Gasteiger partial charge in [0.2, 0.25) is 0 Å². The van der Waals surface area contributed by atoms with Crippen molar-refractivity contribution < 1.29 is 4.74 Å². The third-order valence-electron chi connectivity index (χ3n) is 4.67. The number of nitrogens with one attached hydrogen (secondary N) is 1. The maximum atomic E-state index is 6.00. The highest BCUT2D eigenvalue weighted by atomic mass is 16.5. The largest absolute Gasteiger partial charge is 0.489 e. The fraction of sp³-hybridized carbons (Fsp3) is 0.400. The summed E-state index contributed by atoms with van der Waals surface area (Å²) in [4.78, 5) is 0. The Hall–Kier alpha value is -1.80. The molecule has 0 saturated carbocycles. The zero-order chi connectivity index (χ0) is 15.3. The van der Waals surface area contributed by atoms with E-state index in [0.717, 1.165) is 18.8 Å². The summed E-state index contributed by atoms with van der Waals surface area (Å²) in [6.45, 7) is 5.11. The van der Waals surface area contributed by atoms with Crippen LogP contribution in [0.1, 0.15) is 37.3 Å². The summed E-state index contributed by atoms with van der Waals surface area (Å²) in [6, 6.07) is 19.0. The second kappa shape index (κ2) is 6.97. The minimum absolute atomic E-state index is 0.293. The van der Waals surface area contributed by atoms with Crippen molar-refractivity contribution in [1.29, 1.82) is 0 Å². The number of hydrogen-bond donors (Lipinski definition) is 1. The first-order valence-electron chi connectivity index (χ1n) is 8.30. The molecule has 1 aliphatic rings. The molecule has 0 amide bonds. The van der Waals surface area contributed by atoms with Crippen LogP contribution in [0, 0.1) is 0 Å². The molecule has 1 atom stereocenters. The molecule has 1 heterocycles. The van der Waals surface area contributed by atoms with Crippen LogP contribution in [0.25, 0.3) is 0 Å². The number of ether oxygens (including phenoxy) is 1. The van der Waals surface area contributed by atoms with Gasteiger partial charge in [-0.1, -0.05) is 55.8 Å². The fourth-order valence-electron chi connectivity index (χ4n) is 3.48. The van der Waals surface area contributed by atoms with Crippen LogP contribution in [0.4, 0.5) is 0 Å². The lowest BCUT2D eigenvalue weighted by molar-refractivity contribution is 0.304. The molecule has 0 bridgehead atoms. The number of hydrogen-bond acceptors (Lipinski definition) is 2. The lowest BCUT2D eigenvalue weighted by Crippen LogP contribution is -2.28. The first-order valence-corrected chi connectivity index (χ1v) is 8.30. The number of rotatable bonds is 6. The molecule has 0 spiro atoms. The highest BCUT2D eigenvalue weighted by Crippen LogP contribution is 2.36. The standard InChI is InChI=1S/C20H25NO/c1-2-11-20(12-13-21-16-20)18-9-6-10-19(14-18)22-15-17-7-4-3-5-8-17/h3-10,14,21H,2,11-13,15-16H2,1H3/t20-/m1/s1. The molecule has 3 rings (SSSR count). The van der Waals surface area contributed by atoms with Crippen LogP contribution in [0.2, 0.25) is 0 Å². The Morgan fingerprint density at radius 3 is 2.68 bits per heavy atom. The smallest absolute Gasteiger partial charge is 0.120 e. The monoisotopic (exact) mass is 295 g/mol. The molecule has 2 nitrogen and oxygen atoms in total. The average molecular weight is 295 g/mol. The van der Waals surface area contributed by atoms with Crippen LogP contribution in [0.15, 0.2) is 54.6 Å². The molecule has 0 aliphatic carbocycles. The van der Waals surface area contributed by atoms with Crippen molar-refractivity contribution in [2.24, 2.45) is 0 Å². The lowest BCUT2D eigenvalue weighted by atomic mass is 9.76. The van der Waals surface area contributed by atoms with Crippen LogP contribution in [0.5, 0.6) is 5.75 Å². The summed E-state index contributed by atoms with van der Waals surface area (Å²) in [6.07, 6.45) is 3.68. The van der Waals surface area contributed by atoms with E-state index < -0.39 is 0 Å². The molecule has 2 aromatic rings. The predicted octanol–water partition coefficient (Wildman–Crippen LogP) is 4.30. The van der Waals surface area contributed by atoms with Gasteiger partial charge in [0.1, 0.15) is 12.4 Å². The van der Waals surface area contributed by atoms with Crippen molar-refractivity contribution in [2.45, 2.75) is 38.2 Å². The first kappa shape index (κ1) is 15.1. The van der Waals surface area contributed by atoms with E-state index in [0.29, 0.717) is 12.0 Å². The van der Waals surface area contributed by atoms with Crippen molar-refractivity contribution in [1.82, 2.24) is 5.32 Å². The van der Waals surface area contributed by atoms with Gasteiger partial charge in [0.15, 0.2) is 0 Å². The molecule has 2 heteroatoms. The van der Waals surface area contributed by atoms with E-state index >= 15 is 0 Å². The molecular weight excluding hydrogens is 270 g/mol. The van der Waals surface area contributed by atoms with Gasteiger partial charge in [-0.2, -0.15) is 0 Å². The Labute approximate surface area is 133 Å². The van der Waals surface area contributed by atoms with E-state index in [1.54, 1.807) is 0 Å². The van der Waals surface area contributed by atoms with Gasteiger partial charge in [0.25, 0.3) is 0 Å². The highest BCUT2D eigenvalue weighted by molar-refractivity contribution is 5.35. The van der Waals surface area contributed by atoms with Crippen LogP contribution in [0.3, 0.4) is 0 Å². The first-order chi connectivity index (χ1) is 10.8. The van der Waals surface area contributed by atoms with Crippen molar-refractivity contribution in [2.75, 3.05) is 13.1 Å². The summed E-state index contributed by atoms with van der Waals surface area (Å²) in [5.41, 5.74) is 2.92. The third-order valence-corrected chi connectivity index (χ3v) is 4.67. The molecule has 1 fully saturated rings. The van der Waals surface area contributed by atoms with E-state index in [2.05, 4.69) is 60.8 Å². The summed E-state index contributed by atoms with van der Waals surface area (Å²) in [7, 11) is 0. The Balaban J connectivity index is 1.74. The van der Waals surface area contributed by atoms with E-state index in [1.807, 2.05) is 6.07 Å². The van der Waals surface area contributed by atoms with E-state index in [-0.39, 0.29) is 0 Å². The topological polar surface area (TPSA) is 21.3 Å². The molecule has 1 aliphatic heterocycles. The SMILES string of the molecule is CCC[C@@]1(c2cccc(OCc3ccccc3)c2)CCNC1. The molecule has 116 valence electrons. The predicted molar refractivity (Wildman–Crippen MR) is 91.3 cm³/mol. The lowest BCUT2D eigenvalue weighted by Gasteiger charge is -2.29. The Morgan fingerprint density at radius 1 is 1.09 bits per heavy atom. The van der Waals surface area contributed by atoms with Crippen LogP contribution >= 0.6 is 0 Å². The van der Waals surface area contributed by atoms with Crippen molar-refractivity contribution in [3.63, 3.8) is 0 Å². The van der Waals surface area contributed by atoms with Gasteiger partial charge in [-0.05, 0) is 42.6 Å². The highest BCUT2D eigenvalue weighted by Gasteiger charge is 2.34. The molecule has 2 aromatic carbocycles. The van der Waals surface area contributed by atoms with E-state index in [9.17, 15) is 0 Å². The molecule has 1 saturated heterocycles. The maximum Gasteiger partial charge on any atom is 0.120 e. The van der Waals surface area contributed by atoms with Gasteiger partial charge in [-0.3, -0.25) is 0 Å².